The monoisotopic (exact) mass is 273 g/mol. The highest BCUT2D eigenvalue weighted by molar-refractivity contribution is 9.10. The number of hydrogen-bond donors (Lipinski definition) is 2. The van der Waals surface area contributed by atoms with E-state index in [1.54, 1.807) is 6.20 Å². The molecule has 1 saturated heterocycles. The van der Waals surface area contributed by atoms with Crippen molar-refractivity contribution in [2.24, 2.45) is 0 Å². The molecule has 0 saturated carbocycles. The van der Waals surface area contributed by atoms with Crippen LogP contribution in [0.1, 0.15) is 13.3 Å². The second kappa shape index (κ2) is 4.32. The van der Waals surface area contributed by atoms with E-state index in [-0.39, 0.29) is 17.7 Å². The van der Waals surface area contributed by atoms with Gasteiger partial charge >= 0.3 is 0 Å². The van der Waals surface area contributed by atoms with Crippen molar-refractivity contribution >= 4 is 21.6 Å². The molecule has 0 aliphatic carbocycles. The molecule has 1 aliphatic rings. The maximum Gasteiger partial charge on any atom is 0.280 e. The topological polar surface area (TPSA) is 67.0 Å². The summed E-state index contributed by atoms with van der Waals surface area (Å²) < 4.78 is 5.91. The fraction of sp³-hybridized carbons (Fsp3) is 0.556. The minimum atomic E-state index is -0.230. The van der Waals surface area contributed by atoms with Crippen molar-refractivity contribution in [1.29, 1.82) is 0 Å². The molecule has 82 valence electrons. The van der Waals surface area contributed by atoms with Gasteiger partial charge in [0.25, 0.3) is 5.56 Å². The molecule has 0 aromatic carbocycles. The molecule has 2 heterocycles. The van der Waals surface area contributed by atoms with Crippen LogP contribution in [0.2, 0.25) is 0 Å². The second-order valence-corrected chi connectivity index (χ2v) is 4.34. The summed E-state index contributed by atoms with van der Waals surface area (Å²) in [6, 6.07) is 0.241. The molecule has 1 fully saturated rings. The number of H-pyrrole nitrogens is 1. The smallest absolute Gasteiger partial charge is 0.280 e. The summed E-state index contributed by atoms with van der Waals surface area (Å²) >= 11 is 3.22. The van der Waals surface area contributed by atoms with E-state index in [1.165, 1.54) is 0 Å². The van der Waals surface area contributed by atoms with Crippen molar-refractivity contribution in [3.8, 4) is 0 Å². The van der Waals surface area contributed by atoms with E-state index in [1.807, 2.05) is 6.92 Å². The third kappa shape index (κ3) is 2.21. The summed E-state index contributed by atoms with van der Waals surface area (Å²) in [5.41, 5.74) is 0.479. The Morgan fingerprint density at radius 2 is 2.53 bits per heavy atom. The molecule has 1 aromatic heterocycles. The molecule has 1 aliphatic heterocycles. The molecule has 2 atom stereocenters. The van der Waals surface area contributed by atoms with Gasteiger partial charge in [-0.3, -0.25) is 4.79 Å². The van der Waals surface area contributed by atoms with Gasteiger partial charge in [0.1, 0.15) is 4.47 Å². The number of nitrogens with zero attached hydrogens (tertiary/aromatic N) is 1. The van der Waals surface area contributed by atoms with Crippen molar-refractivity contribution in [1.82, 2.24) is 10.2 Å². The number of rotatable bonds is 2. The molecule has 2 N–H and O–H groups in total. The van der Waals surface area contributed by atoms with E-state index in [4.69, 9.17) is 4.74 Å². The summed E-state index contributed by atoms with van der Waals surface area (Å²) in [6.45, 7) is 2.77. The predicted octanol–water partition coefficient (Wildman–Crippen LogP) is 1.12. The molecule has 5 nitrogen and oxygen atoms in total. The maximum absolute atomic E-state index is 11.3. The van der Waals surface area contributed by atoms with Crippen molar-refractivity contribution in [3.05, 3.63) is 21.0 Å². The predicted molar refractivity (Wildman–Crippen MR) is 60.0 cm³/mol. The van der Waals surface area contributed by atoms with Crippen LogP contribution in [0.3, 0.4) is 0 Å². The van der Waals surface area contributed by atoms with Gasteiger partial charge in [-0.1, -0.05) is 0 Å². The Hall–Kier alpha value is -0.880. The number of aromatic amines is 1. The van der Waals surface area contributed by atoms with Crippen LogP contribution in [-0.4, -0.2) is 29.0 Å². The SMILES string of the molecule is CC1OCCC1Nc1cn[nH]c(=O)c1Br. The lowest BCUT2D eigenvalue weighted by Crippen LogP contribution is -2.28. The lowest BCUT2D eigenvalue weighted by atomic mass is 10.1. The number of aromatic nitrogens is 2. The highest BCUT2D eigenvalue weighted by Crippen LogP contribution is 2.21. The zero-order chi connectivity index (χ0) is 10.8. The average molecular weight is 274 g/mol. The van der Waals surface area contributed by atoms with Crippen LogP contribution >= 0.6 is 15.9 Å². The molecule has 0 amide bonds. The molecule has 0 radical (unpaired) electrons. The van der Waals surface area contributed by atoms with E-state index in [9.17, 15) is 4.79 Å². The van der Waals surface area contributed by atoms with Crippen molar-refractivity contribution in [2.45, 2.75) is 25.5 Å². The third-order valence-corrected chi connectivity index (χ3v) is 3.30. The van der Waals surface area contributed by atoms with Crippen molar-refractivity contribution in [3.63, 3.8) is 0 Å². The first-order chi connectivity index (χ1) is 7.18. The Labute approximate surface area is 95.4 Å². The molecule has 6 heteroatoms. The first kappa shape index (κ1) is 10.6. The highest BCUT2D eigenvalue weighted by atomic mass is 79.9. The Morgan fingerprint density at radius 1 is 1.73 bits per heavy atom. The van der Waals surface area contributed by atoms with Gasteiger partial charge in [-0.15, -0.1) is 0 Å². The first-order valence-electron chi connectivity index (χ1n) is 4.80. The van der Waals surface area contributed by atoms with Crippen molar-refractivity contribution < 1.29 is 4.74 Å². The van der Waals surface area contributed by atoms with Crippen LogP contribution in [0.4, 0.5) is 5.69 Å². The Kier molecular flexibility index (Phi) is 3.06. The second-order valence-electron chi connectivity index (χ2n) is 3.54. The lowest BCUT2D eigenvalue weighted by Gasteiger charge is -2.17. The van der Waals surface area contributed by atoms with E-state index in [2.05, 4.69) is 31.4 Å². The highest BCUT2D eigenvalue weighted by Gasteiger charge is 2.24. The maximum atomic E-state index is 11.3. The number of nitrogens with one attached hydrogen (secondary N) is 2. The van der Waals surface area contributed by atoms with Gasteiger partial charge in [0.15, 0.2) is 0 Å². The Balaban J connectivity index is 2.17. The lowest BCUT2D eigenvalue weighted by molar-refractivity contribution is 0.121. The molecular formula is C9H12BrN3O2. The molecule has 2 unspecified atom stereocenters. The largest absolute Gasteiger partial charge is 0.377 e. The molecule has 0 bridgehead atoms. The Morgan fingerprint density at radius 3 is 3.20 bits per heavy atom. The van der Waals surface area contributed by atoms with Crippen molar-refractivity contribution in [2.75, 3.05) is 11.9 Å². The van der Waals surface area contributed by atoms with Gasteiger partial charge in [-0.2, -0.15) is 5.10 Å². The summed E-state index contributed by atoms with van der Waals surface area (Å²) in [5, 5.41) is 9.34. The number of anilines is 1. The molecule has 15 heavy (non-hydrogen) atoms. The molecule has 0 spiro atoms. The minimum absolute atomic E-state index is 0.163. The number of halogens is 1. The summed E-state index contributed by atoms with van der Waals surface area (Å²) in [4.78, 5) is 11.3. The fourth-order valence-electron chi connectivity index (χ4n) is 1.61. The van der Waals surface area contributed by atoms with E-state index in [0.29, 0.717) is 10.2 Å². The summed E-state index contributed by atoms with van der Waals surface area (Å²) in [6.07, 6.45) is 2.70. The van der Waals surface area contributed by atoms with Gasteiger partial charge < -0.3 is 10.1 Å². The normalized spacial score (nSPS) is 25.5. The van der Waals surface area contributed by atoms with Crippen LogP contribution < -0.4 is 10.9 Å². The van der Waals surface area contributed by atoms with Crippen LogP contribution in [0.25, 0.3) is 0 Å². The fourth-order valence-corrected chi connectivity index (χ4v) is 1.91. The first-order valence-corrected chi connectivity index (χ1v) is 5.59. The molecular weight excluding hydrogens is 262 g/mol. The molecule has 2 rings (SSSR count). The zero-order valence-corrected chi connectivity index (χ0v) is 9.87. The quantitative estimate of drug-likeness (QED) is 0.848. The van der Waals surface area contributed by atoms with Gasteiger partial charge in [0.2, 0.25) is 0 Å². The van der Waals surface area contributed by atoms with Gasteiger partial charge in [0, 0.05) is 6.61 Å². The Bertz CT molecular complexity index is 407. The van der Waals surface area contributed by atoms with Gasteiger partial charge in [-0.25, -0.2) is 5.10 Å². The van der Waals surface area contributed by atoms with E-state index < -0.39 is 0 Å². The third-order valence-electron chi connectivity index (χ3n) is 2.51. The van der Waals surface area contributed by atoms with Crippen LogP contribution in [-0.2, 0) is 4.74 Å². The van der Waals surface area contributed by atoms with Crippen LogP contribution in [0.5, 0.6) is 0 Å². The van der Waals surface area contributed by atoms with E-state index >= 15 is 0 Å². The van der Waals surface area contributed by atoms with Gasteiger partial charge in [0.05, 0.1) is 24.0 Å². The van der Waals surface area contributed by atoms with Crippen LogP contribution in [0, 0.1) is 0 Å². The van der Waals surface area contributed by atoms with Crippen LogP contribution in [0.15, 0.2) is 15.5 Å². The number of ether oxygens (including phenoxy) is 1. The standard InChI is InChI=1S/C9H12BrN3O2/c1-5-6(2-3-15-5)12-7-4-11-13-9(14)8(7)10/h4-6H,2-3H2,1H3,(H2,12,13,14). The summed E-state index contributed by atoms with van der Waals surface area (Å²) in [7, 11) is 0. The minimum Gasteiger partial charge on any atom is -0.377 e. The molecule has 1 aromatic rings. The van der Waals surface area contributed by atoms with Gasteiger partial charge in [-0.05, 0) is 29.3 Å². The van der Waals surface area contributed by atoms with E-state index in [0.717, 1.165) is 13.0 Å². The average Bonchev–Trinajstić information content (AvgIpc) is 2.60. The summed E-state index contributed by atoms with van der Waals surface area (Å²) in [5.74, 6) is 0. The zero-order valence-electron chi connectivity index (χ0n) is 8.29. The number of hydrogen-bond acceptors (Lipinski definition) is 4.